The normalized spacial score (nSPS) is 11.7. The summed E-state index contributed by atoms with van der Waals surface area (Å²) in [5.74, 6) is 0.849. The van der Waals surface area contributed by atoms with Crippen molar-refractivity contribution in [2.45, 2.75) is 58.4 Å². The first kappa shape index (κ1) is 25.3. The van der Waals surface area contributed by atoms with Gasteiger partial charge in [-0.05, 0) is 37.0 Å². The van der Waals surface area contributed by atoms with Crippen molar-refractivity contribution in [1.29, 1.82) is 0 Å². The molecule has 0 saturated carbocycles. The summed E-state index contributed by atoms with van der Waals surface area (Å²) in [6, 6.07) is 15.3. The average Bonchev–Trinajstić information content (AvgIpc) is 2.76. The van der Waals surface area contributed by atoms with Crippen molar-refractivity contribution in [2.24, 2.45) is 0 Å². The number of amides is 2. The fourth-order valence-electron chi connectivity index (χ4n) is 3.26. The van der Waals surface area contributed by atoms with Gasteiger partial charge in [0.25, 0.3) is 0 Å². The molecule has 31 heavy (non-hydrogen) atoms. The highest BCUT2D eigenvalue weighted by Crippen LogP contribution is 2.22. The number of nitrogens with one attached hydrogen (secondary N) is 1. The number of aryl methyl sites for hydroxylation is 1. The molecule has 0 aliphatic carbocycles. The van der Waals surface area contributed by atoms with Gasteiger partial charge in [0.2, 0.25) is 11.8 Å². The molecular weight excluding hydrogens is 428 g/mol. The van der Waals surface area contributed by atoms with Crippen LogP contribution in [-0.4, -0.2) is 35.1 Å². The van der Waals surface area contributed by atoms with Crippen LogP contribution in [0.4, 0.5) is 0 Å². The van der Waals surface area contributed by atoms with Crippen molar-refractivity contribution in [3.05, 3.63) is 70.2 Å². The summed E-state index contributed by atoms with van der Waals surface area (Å²) in [4.78, 5) is 27.8. The van der Waals surface area contributed by atoms with E-state index in [4.69, 9.17) is 11.6 Å². The third-order valence-electron chi connectivity index (χ3n) is 5.13. The van der Waals surface area contributed by atoms with Gasteiger partial charge in [-0.2, -0.15) is 0 Å². The van der Waals surface area contributed by atoms with Gasteiger partial charge in [0.15, 0.2) is 0 Å². The van der Waals surface area contributed by atoms with Gasteiger partial charge in [-0.25, -0.2) is 0 Å². The summed E-state index contributed by atoms with van der Waals surface area (Å²) in [7, 11) is 0. The van der Waals surface area contributed by atoms with E-state index in [1.165, 1.54) is 17.3 Å². The summed E-state index contributed by atoms with van der Waals surface area (Å²) < 4.78 is 0. The minimum Gasteiger partial charge on any atom is -0.354 e. The van der Waals surface area contributed by atoms with Crippen LogP contribution >= 0.6 is 23.4 Å². The highest BCUT2D eigenvalue weighted by molar-refractivity contribution is 7.99. The van der Waals surface area contributed by atoms with Crippen LogP contribution in [0.3, 0.4) is 0 Å². The molecule has 0 radical (unpaired) electrons. The lowest BCUT2D eigenvalue weighted by molar-refractivity contribution is -0.139. The summed E-state index contributed by atoms with van der Waals surface area (Å²) >= 11 is 7.76. The first-order valence-corrected chi connectivity index (χ1v) is 12.4. The molecule has 0 saturated heterocycles. The molecule has 0 aliphatic heterocycles. The Morgan fingerprint density at radius 1 is 1.10 bits per heavy atom. The average molecular weight is 461 g/mol. The predicted molar refractivity (Wildman–Crippen MR) is 131 cm³/mol. The predicted octanol–water partition coefficient (Wildman–Crippen LogP) is 5.61. The van der Waals surface area contributed by atoms with Crippen molar-refractivity contribution in [1.82, 2.24) is 10.2 Å². The lowest BCUT2D eigenvalue weighted by Gasteiger charge is -2.30. The number of carbonyl (C=O) groups excluding carboxylic acids is 2. The number of nitrogens with zero attached hydrogens (tertiary/aromatic N) is 1. The van der Waals surface area contributed by atoms with Crippen LogP contribution in [-0.2, 0) is 21.9 Å². The van der Waals surface area contributed by atoms with E-state index in [0.29, 0.717) is 36.0 Å². The molecule has 1 N–H and O–H groups in total. The Hall–Kier alpha value is -1.98. The van der Waals surface area contributed by atoms with Gasteiger partial charge in [-0.1, -0.05) is 79.9 Å². The van der Waals surface area contributed by atoms with E-state index in [-0.39, 0.29) is 11.8 Å². The van der Waals surface area contributed by atoms with E-state index in [2.05, 4.69) is 12.2 Å². The van der Waals surface area contributed by atoms with Crippen molar-refractivity contribution < 1.29 is 9.59 Å². The van der Waals surface area contributed by atoms with Crippen LogP contribution < -0.4 is 5.32 Å². The molecule has 1 atom stereocenters. The third-order valence-corrected chi connectivity index (χ3v) is 6.46. The van der Waals surface area contributed by atoms with Crippen LogP contribution in [0.2, 0.25) is 5.02 Å². The maximum absolute atomic E-state index is 13.2. The van der Waals surface area contributed by atoms with Gasteiger partial charge in [-0.3, -0.25) is 9.59 Å². The van der Waals surface area contributed by atoms with Crippen molar-refractivity contribution in [3.8, 4) is 0 Å². The maximum Gasteiger partial charge on any atom is 0.242 e. The quantitative estimate of drug-likeness (QED) is 0.419. The zero-order chi connectivity index (χ0) is 22.6. The van der Waals surface area contributed by atoms with Crippen molar-refractivity contribution in [2.75, 3.05) is 12.3 Å². The largest absolute Gasteiger partial charge is 0.354 e. The number of halogens is 1. The maximum atomic E-state index is 13.2. The zero-order valence-electron chi connectivity index (χ0n) is 18.7. The van der Waals surface area contributed by atoms with Gasteiger partial charge in [0, 0.05) is 23.9 Å². The molecule has 0 spiro atoms. The van der Waals surface area contributed by atoms with E-state index in [9.17, 15) is 9.59 Å². The number of benzene rings is 2. The molecule has 2 aromatic rings. The second-order valence-corrected chi connectivity index (χ2v) is 9.05. The third kappa shape index (κ3) is 8.23. The summed E-state index contributed by atoms with van der Waals surface area (Å²) in [6.45, 7) is 7.14. The van der Waals surface area contributed by atoms with Gasteiger partial charge < -0.3 is 10.2 Å². The smallest absolute Gasteiger partial charge is 0.242 e. The molecule has 2 aromatic carbocycles. The molecule has 4 nitrogen and oxygen atoms in total. The van der Waals surface area contributed by atoms with Gasteiger partial charge >= 0.3 is 0 Å². The molecule has 0 bridgehead atoms. The Labute approximate surface area is 195 Å². The number of hydrogen-bond donors (Lipinski definition) is 1. The van der Waals surface area contributed by atoms with E-state index < -0.39 is 6.04 Å². The van der Waals surface area contributed by atoms with E-state index in [1.807, 2.05) is 62.4 Å². The first-order valence-electron chi connectivity index (χ1n) is 10.9. The second kappa shape index (κ2) is 13.4. The van der Waals surface area contributed by atoms with Gasteiger partial charge in [0.1, 0.15) is 6.04 Å². The lowest BCUT2D eigenvalue weighted by Crippen LogP contribution is -2.49. The highest BCUT2D eigenvalue weighted by atomic mass is 35.5. The Bertz CT molecular complexity index is 842. The second-order valence-electron chi connectivity index (χ2n) is 7.66. The number of hydrogen-bond acceptors (Lipinski definition) is 3. The number of unbranched alkanes of at least 4 members (excludes halogenated alkanes) is 1. The number of thioether (sulfide) groups is 1. The van der Waals surface area contributed by atoms with Gasteiger partial charge in [-0.15, -0.1) is 11.8 Å². The van der Waals surface area contributed by atoms with Crippen LogP contribution in [0.25, 0.3) is 0 Å². The van der Waals surface area contributed by atoms with Crippen molar-refractivity contribution in [3.63, 3.8) is 0 Å². The Balaban J connectivity index is 2.10. The number of carbonyl (C=O) groups is 2. The molecule has 0 heterocycles. The fraction of sp³-hybridized carbons (Fsp3) is 0.440. The fourth-order valence-corrected chi connectivity index (χ4v) is 4.46. The Morgan fingerprint density at radius 2 is 1.81 bits per heavy atom. The van der Waals surface area contributed by atoms with Crippen LogP contribution in [0.1, 0.15) is 49.8 Å². The molecule has 6 heteroatoms. The zero-order valence-corrected chi connectivity index (χ0v) is 20.3. The Morgan fingerprint density at radius 3 is 2.45 bits per heavy atom. The molecule has 168 valence electrons. The molecule has 2 rings (SSSR count). The van der Waals surface area contributed by atoms with Crippen LogP contribution in [0.5, 0.6) is 0 Å². The summed E-state index contributed by atoms with van der Waals surface area (Å²) in [5.41, 5.74) is 3.20. The Kier molecular flexibility index (Phi) is 11.0. The van der Waals surface area contributed by atoms with Crippen LogP contribution in [0.15, 0.2) is 48.5 Å². The highest BCUT2D eigenvalue weighted by Gasteiger charge is 2.28. The number of rotatable bonds is 12. The van der Waals surface area contributed by atoms with Crippen molar-refractivity contribution >= 4 is 35.2 Å². The topological polar surface area (TPSA) is 49.4 Å². The van der Waals surface area contributed by atoms with E-state index in [0.717, 1.165) is 24.0 Å². The molecule has 0 aliphatic rings. The van der Waals surface area contributed by atoms with Gasteiger partial charge in [0.05, 0.1) is 5.75 Å². The molecule has 2 amide bonds. The lowest BCUT2D eigenvalue weighted by atomic mass is 10.1. The molecule has 1 unspecified atom stereocenters. The molecule has 0 fully saturated rings. The summed E-state index contributed by atoms with van der Waals surface area (Å²) in [6.07, 6.45) is 2.52. The first-order chi connectivity index (χ1) is 15.0. The van der Waals surface area contributed by atoms with E-state index >= 15 is 0 Å². The van der Waals surface area contributed by atoms with Crippen LogP contribution in [0, 0.1) is 6.92 Å². The standard InChI is InChI=1S/C25H33ClN2O2S/c1-4-6-15-27-25(30)23(5-2)28(16-20-13-11-19(3)12-14-20)24(29)18-31-17-21-9-7-8-10-22(21)26/h7-14,23H,4-6,15-18H2,1-3H3,(H,27,30). The minimum absolute atomic E-state index is 0.0323. The minimum atomic E-state index is -0.480. The SMILES string of the molecule is CCCCNC(=O)C(CC)N(Cc1ccc(C)cc1)C(=O)CSCc1ccccc1Cl. The van der Waals surface area contributed by atoms with E-state index in [1.54, 1.807) is 4.90 Å². The molecular formula is C25H33ClN2O2S. The summed E-state index contributed by atoms with van der Waals surface area (Å²) in [5, 5.41) is 3.71. The molecule has 0 aromatic heterocycles. The monoisotopic (exact) mass is 460 g/mol.